The van der Waals surface area contributed by atoms with Crippen LogP contribution in [-0.4, -0.2) is 29.8 Å². The van der Waals surface area contributed by atoms with Gasteiger partial charge in [0.15, 0.2) is 0 Å². The molecule has 114 valence electrons. The zero-order valence-electron chi connectivity index (χ0n) is 13.1. The van der Waals surface area contributed by atoms with Gasteiger partial charge in [0.1, 0.15) is 0 Å². The molecule has 4 heteroatoms. The fourth-order valence-corrected chi connectivity index (χ4v) is 3.08. The van der Waals surface area contributed by atoms with E-state index in [9.17, 15) is 9.59 Å². The van der Waals surface area contributed by atoms with Gasteiger partial charge in [-0.3, -0.25) is 9.59 Å². The van der Waals surface area contributed by atoms with E-state index in [1.165, 1.54) is 0 Å². The van der Waals surface area contributed by atoms with Crippen molar-refractivity contribution in [2.75, 3.05) is 13.1 Å². The van der Waals surface area contributed by atoms with Gasteiger partial charge in [0.05, 0.1) is 12.0 Å². The summed E-state index contributed by atoms with van der Waals surface area (Å²) < 4.78 is 0. The second kappa shape index (κ2) is 6.74. The van der Waals surface area contributed by atoms with Crippen molar-refractivity contribution < 1.29 is 9.59 Å². The Labute approximate surface area is 126 Å². The van der Waals surface area contributed by atoms with Gasteiger partial charge in [-0.1, -0.05) is 31.2 Å². The maximum absolute atomic E-state index is 12.4. The van der Waals surface area contributed by atoms with E-state index in [0.29, 0.717) is 19.5 Å². The molecule has 2 amide bonds. The van der Waals surface area contributed by atoms with E-state index in [-0.39, 0.29) is 23.8 Å². The van der Waals surface area contributed by atoms with E-state index in [4.69, 9.17) is 0 Å². The second-order valence-electron chi connectivity index (χ2n) is 5.58. The van der Waals surface area contributed by atoms with Gasteiger partial charge in [-0.2, -0.15) is 0 Å². The molecule has 0 bridgehead atoms. The molecule has 1 saturated heterocycles. The second-order valence-corrected chi connectivity index (χ2v) is 5.58. The predicted molar refractivity (Wildman–Crippen MR) is 82.7 cm³/mol. The van der Waals surface area contributed by atoms with Gasteiger partial charge in [-0.25, -0.2) is 0 Å². The first-order valence-corrected chi connectivity index (χ1v) is 7.72. The first-order chi connectivity index (χ1) is 10.1. The summed E-state index contributed by atoms with van der Waals surface area (Å²) in [5, 5.41) is 2.94. The monoisotopic (exact) mass is 288 g/mol. The Kier molecular flexibility index (Phi) is 4.99. The first kappa shape index (κ1) is 15.5. The van der Waals surface area contributed by atoms with Crippen LogP contribution in [0.3, 0.4) is 0 Å². The van der Waals surface area contributed by atoms with E-state index in [0.717, 1.165) is 17.5 Å². The average molecular weight is 288 g/mol. The predicted octanol–water partition coefficient (Wildman–Crippen LogP) is 2.43. The average Bonchev–Trinajstić information content (AvgIpc) is 2.81. The lowest BCUT2D eigenvalue weighted by atomic mass is 9.90. The number of rotatable bonds is 5. The van der Waals surface area contributed by atoms with Crippen LogP contribution in [0.5, 0.6) is 0 Å². The minimum Gasteiger partial charge on any atom is -0.356 e. The third kappa shape index (κ3) is 3.09. The minimum atomic E-state index is -0.287. The fourth-order valence-electron chi connectivity index (χ4n) is 3.08. The molecule has 0 aliphatic carbocycles. The number of benzene rings is 1. The number of hydrogen-bond donors (Lipinski definition) is 1. The number of carbonyl (C=O) groups is 2. The lowest BCUT2D eigenvalue weighted by molar-refractivity contribution is -0.129. The number of amides is 2. The summed E-state index contributed by atoms with van der Waals surface area (Å²) >= 11 is 0. The Balaban J connectivity index is 2.33. The molecule has 1 aromatic carbocycles. The van der Waals surface area contributed by atoms with E-state index in [1.807, 2.05) is 49.9 Å². The molecule has 2 atom stereocenters. The van der Waals surface area contributed by atoms with Gasteiger partial charge < -0.3 is 10.2 Å². The third-order valence-corrected chi connectivity index (χ3v) is 4.17. The van der Waals surface area contributed by atoms with Crippen LogP contribution in [-0.2, 0) is 9.59 Å². The third-order valence-electron chi connectivity index (χ3n) is 4.17. The van der Waals surface area contributed by atoms with Crippen LogP contribution in [0.15, 0.2) is 24.3 Å². The Hall–Kier alpha value is -1.84. The van der Waals surface area contributed by atoms with Crippen LogP contribution >= 0.6 is 0 Å². The molecule has 0 radical (unpaired) electrons. The molecule has 0 saturated carbocycles. The normalized spacial score (nSPS) is 21.7. The molecule has 1 N–H and O–H groups in total. The molecule has 1 aromatic rings. The van der Waals surface area contributed by atoms with Crippen molar-refractivity contribution in [1.82, 2.24) is 10.2 Å². The molecular formula is C17H24N2O2. The number of hydrogen-bond acceptors (Lipinski definition) is 2. The SMILES string of the molecule is CCCNC(=O)[C@@H]1CC(=O)N(CC)[C@H]1c1ccccc1C. The smallest absolute Gasteiger partial charge is 0.226 e. The molecule has 1 heterocycles. The van der Waals surface area contributed by atoms with Gasteiger partial charge >= 0.3 is 0 Å². The van der Waals surface area contributed by atoms with Crippen molar-refractivity contribution in [3.8, 4) is 0 Å². The maximum atomic E-state index is 12.4. The molecule has 2 rings (SSSR count). The van der Waals surface area contributed by atoms with Gasteiger partial charge in [-0.05, 0) is 31.4 Å². The summed E-state index contributed by atoms with van der Waals surface area (Å²) in [6.07, 6.45) is 1.21. The van der Waals surface area contributed by atoms with Gasteiger partial charge in [0.25, 0.3) is 0 Å². The summed E-state index contributed by atoms with van der Waals surface area (Å²) in [6, 6.07) is 7.88. The highest BCUT2D eigenvalue weighted by molar-refractivity contribution is 5.90. The van der Waals surface area contributed by atoms with E-state index in [2.05, 4.69) is 5.32 Å². The summed E-state index contributed by atoms with van der Waals surface area (Å²) in [4.78, 5) is 26.5. The van der Waals surface area contributed by atoms with Gasteiger partial charge in [0.2, 0.25) is 11.8 Å². The number of carbonyl (C=O) groups excluding carboxylic acids is 2. The Morgan fingerprint density at radius 2 is 2.05 bits per heavy atom. The lowest BCUT2D eigenvalue weighted by Gasteiger charge is -2.28. The van der Waals surface area contributed by atoms with Crippen LogP contribution < -0.4 is 5.32 Å². The minimum absolute atomic E-state index is 0.00518. The molecule has 0 unspecified atom stereocenters. The van der Waals surface area contributed by atoms with Gasteiger partial charge in [-0.15, -0.1) is 0 Å². The van der Waals surface area contributed by atoms with Crippen molar-refractivity contribution in [3.05, 3.63) is 35.4 Å². The zero-order valence-corrected chi connectivity index (χ0v) is 13.1. The number of aryl methyl sites for hydroxylation is 1. The Morgan fingerprint density at radius 3 is 2.67 bits per heavy atom. The van der Waals surface area contributed by atoms with E-state index >= 15 is 0 Å². The standard InChI is InChI=1S/C17H24N2O2/c1-4-10-18-17(21)14-11-15(20)19(5-2)16(14)13-9-7-6-8-12(13)3/h6-9,14,16H,4-5,10-11H2,1-3H3,(H,18,21)/t14-,16+/m1/s1. The van der Waals surface area contributed by atoms with Crippen LogP contribution in [0.1, 0.15) is 43.9 Å². The van der Waals surface area contributed by atoms with Crippen molar-refractivity contribution >= 4 is 11.8 Å². The summed E-state index contributed by atoms with van der Waals surface area (Å²) in [6.45, 7) is 7.32. The van der Waals surface area contributed by atoms with E-state index in [1.54, 1.807) is 0 Å². The highest BCUT2D eigenvalue weighted by atomic mass is 16.2. The van der Waals surface area contributed by atoms with Crippen LogP contribution in [0, 0.1) is 12.8 Å². The topological polar surface area (TPSA) is 49.4 Å². The quantitative estimate of drug-likeness (QED) is 0.904. The molecule has 1 aliphatic heterocycles. The molecule has 1 fully saturated rings. The number of nitrogens with one attached hydrogen (secondary N) is 1. The first-order valence-electron chi connectivity index (χ1n) is 7.72. The van der Waals surface area contributed by atoms with E-state index < -0.39 is 0 Å². The van der Waals surface area contributed by atoms with Gasteiger partial charge in [0, 0.05) is 19.5 Å². The van der Waals surface area contributed by atoms with Crippen molar-refractivity contribution in [3.63, 3.8) is 0 Å². The molecule has 4 nitrogen and oxygen atoms in total. The molecule has 0 aromatic heterocycles. The molecule has 21 heavy (non-hydrogen) atoms. The molecule has 0 spiro atoms. The number of nitrogens with zero attached hydrogens (tertiary/aromatic N) is 1. The Bertz CT molecular complexity index is 527. The molecule has 1 aliphatic rings. The van der Waals surface area contributed by atoms with Crippen molar-refractivity contribution in [1.29, 1.82) is 0 Å². The van der Waals surface area contributed by atoms with Crippen LogP contribution in [0.25, 0.3) is 0 Å². The lowest BCUT2D eigenvalue weighted by Crippen LogP contribution is -2.36. The van der Waals surface area contributed by atoms with Crippen LogP contribution in [0.4, 0.5) is 0 Å². The molecular weight excluding hydrogens is 264 g/mol. The fraction of sp³-hybridized carbons (Fsp3) is 0.529. The summed E-state index contributed by atoms with van der Waals surface area (Å²) in [5.74, 6) is -0.220. The highest BCUT2D eigenvalue weighted by Gasteiger charge is 2.43. The Morgan fingerprint density at radius 1 is 1.33 bits per heavy atom. The van der Waals surface area contributed by atoms with Crippen LogP contribution in [0.2, 0.25) is 0 Å². The largest absolute Gasteiger partial charge is 0.356 e. The number of likely N-dealkylation sites (tertiary alicyclic amines) is 1. The highest BCUT2D eigenvalue weighted by Crippen LogP contribution is 2.39. The van der Waals surface area contributed by atoms with Crippen molar-refractivity contribution in [2.45, 2.75) is 39.7 Å². The maximum Gasteiger partial charge on any atom is 0.226 e. The zero-order chi connectivity index (χ0) is 15.4. The van der Waals surface area contributed by atoms with Crippen molar-refractivity contribution in [2.24, 2.45) is 5.92 Å². The summed E-state index contributed by atoms with van der Waals surface area (Å²) in [5.41, 5.74) is 2.21. The summed E-state index contributed by atoms with van der Waals surface area (Å²) in [7, 11) is 0.